The van der Waals surface area contributed by atoms with Gasteiger partial charge in [0.2, 0.25) is 5.95 Å². The fourth-order valence-electron chi connectivity index (χ4n) is 4.14. The Morgan fingerprint density at radius 2 is 1.88 bits per heavy atom. The van der Waals surface area contributed by atoms with Gasteiger partial charge in [0.25, 0.3) is 10.0 Å². The second kappa shape index (κ2) is 8.17. The normalized spacial score (nSPS) is 16.9. The summed E-state index contributed by atoms with van der Waals surface area (Å²) in [5, 5.41) is 0.771. The van der Waals surface area contributed by atoms with E-state index in [2.05, 4.69) is 16.8 Å². The van der Waals surface area contributed by atoms with Gasteiger partial charge >= 0.3 is 0 Å². The molecule has 3 heterocycles. The van der Waals surface area contributed by atoms with E-state index in [1.165, 1.54) is 3.97 Å². The Balaban J connectivity index is 1.61. The highest BCUT2D eigenvalue weighted by Gasteiger charge is 2.24. The molecule has 0 radical (unpaired) electrons. The number of anilines is 2. The lowest BCUT2D eigenvalue weighted by Crippen LogP contribution is -2.44. The molecular formula is C24H25N5O3S. The van der Waals surface area contributed by atoms with Crippen molar-refractivity contribution in [2.24, 2.45) is 0 Å². The van der Waals surface area contributed by atoms with E-state index in [4.69, 9.17) is 15.5 Å². The van der Waals surface area contributed by atoms with Crippen LogP contribution in [0.15, 0.2) is 65.7 Å². The van der Waals surface area contributed by atoms with Crippen molar-refractivity contribution in [2.75, 3.05) is 30.4 Å². The third-order valence-electron chi connectivity index (χ3n) is 5.91. The average molecular weight is 464 g/mol. The molecule has 2 aromatic carbocycles. The molecule has 1 aliphatic rings. The SMILES string of the molecule is Cc1ccc(S(=O)(=O)n2ccc3c(-c4cc(N)nc(N5CCOC[C@H]5C)n4)cccc32)cc1. The largest absolute Gasteiger partial charge is 0.384 e. The van der Waals surface area contributed by atoms with Crippen molar-refractivity contribution >= 4 is 32.7 Å². The lowest BCUT2D eigenvalue weighted by molar-refractivity contribution is 0.0981. The number of aromatic nitrogens is 3. The maximum Gasteiger partial charge on any atom is 0.268 e. The summed E-state index contributed by atoms with van der Waals surface area (Å²) >= 11 is 0. The molecule has 5 rings (SSSR count). The van der Waals surface area contributed by atoms with Gasteiger partial charge in [0.1, 0.15) is 5.82 Å². The maximum atomic E-state index is 13.3. The summed E-state index contributed by atoms with van der Waals surface area (Å²) in [5.41, 5.74) is 9.16. The number of hydrogen-bond donors (Lipinski definition) is 1. The van der Waals surface area contributed by atoms with Crippen molar-refractivity contribution in [1.82, 2.24) is 13.9 Å². The average Bonchev–Trinajstić information content (AvgIpc) is 3.24. The van der Waals surface area contributed by atoms with Gasteiger partial charge in [0.15, 0.2) is 0 Å². The van der Waals surface area contributed by atoms with Crippen LogP contribution in [-0.4, -0.2) is 48.2 Å². The van der Waals surface area contributed by atoms with Crippen LogP contribution in [0.2, 0.25) is 0 Å². The molecule has 2 aromatic heterocycles. The third kappa shape index (κ3) is 3.83. The van der Waals surface area contributed by atoms with Gasteiger partial charge < -0.3 is 15.4 Å². The molecule has 0 saturated carbocycles. The smallest absolute Gasteiger partial charge is 0.268 e. The van der Waals surface area contributed by atoms with Gasteiger partial charge in [-0.05, 0) is 38.1 Å². The van der Waals surface area contributed by atoms with Gasteiger partial charge in [-0.1, -0.05) is 29.8 Å². The first-order valence-electron chi connectivity index (χ1n) is 10.8. The second-order valence-corrected chi connectivity index (χ2v) is 10.1. The molecule has 1 saturated heterocycles. The summed E-state index contributed by atoms with van der Waals surface area (Å²) in [6, 6.07) is 16.0. The lowest BCUT2D eigenvalue weighted by Gasteiger charge is -2.33. The number of fused-ring (bicyclic) bond motifs is 1. The predicted octanol–water partition coefficient (Wildman–Crippen LogP) is 3.45. The molecular weight excluding hydrogens is 438 g/mol. The van der Waals surface area contributed by atoms with Crippen molar-refractivity contribution < 1.29 is 13.2 Å². The van der Waals surface area contributed by atoms with E-state index in [1.807, 2.05) is 19.1 Å². The van der Waals surface area contributed by atoms with E-state index in [1.54, 1.807) is 48.7 Å². The van der Waals surface area contributed by atoms with Gasteiger partial charge in [-0.25, -0.2) is 17.4 Å². The zero-order valence-corrected chi connectivity index (χ0v) is 19.3. The van der Waals surface area contributed by atoms with Crippen molar-refractivity contribution in [1.29, 1.82) is 0 Å². The fourth-order valence-corrected chi connectivity index (χ4v) is 5.49. The number of rotatable bonds is 4. The van der Waals surface area contributed by atoms with Gasteiger partial charge in [-0.15, -0.1) is 0 Å². The molecule has 1 fully saturated rings. The molecule has 0 unspecified atom stereocenters. The van der Waals surface area contributed by atoms with Gasteiger partial charge in [-0.3, -0.25) is 0 Å². The Labute approximate surface area is 192 Å². The van der Waals surface area contributed by atoms with Crippen LogP contribution in [0.25, 0.3) is 22.2 Å². The minimum atomic E-state index is -3.74. The van der Waals surface area contributed by atoms with Crippen molar-refractivity contribution in [3.8, 4) is 11.3 Å². The molecule has 170 valence electrons. The van der Waals surface area contributed by atoms with Crippen LogP contribution in [0, 0.1) is 6.92 Å². The van der Waals surface area contributed by atoms with E-state index in [0.29, 0.717) is 42.7 Å². The number of hydrogen-bond acceptors (Lipinski definition) is 7. The van der Waals surface area contributed by atoms with Crippen molar-refractivity contribution in [3.05, 3.63) is 66.4 Å². The monoisotopic (exact) mass is 463 g/mol. The highest BCUT2D eigenvalue weighted by Crippen LogP contribution is 2.32. The van der Waals surface area contributed by atoms with E-state index in [0.717, 1.165) is 16.5 Å². The number of nitrogens with two attached hydrogens (primary N) is 1. The zero-order chi connectivity index (χ0) is 23.2. The molecule has 0 bridgehead atoms. The second-order valence-electron chi connectivity index (χ2n) is 8.26. The van der Waals surface area contributed by atoms with Crippen LogP contribution in [0.5, 0.6) is 0 Å². The molecule has 0 amide bonds. The topological polar surface area (TPSA) is 103 Å². The number of morpholine rings is 1. The molecule has 0 spiro atoms. The number of nitrogen functional groups attached to an aromatic ring is 1. The van der Waals surface area contributed by atoms with Crippen LogP contribution < -0.4 is 10.6 Å². The summed E-state index contributed by atoms with van der Waals surface area (Å²) in [6.07, 6.45) is 1.58. The van der Waals surface area contributed by atoms with Crippen LogP contribution in [0.1, 0.15) is 12.5 Å². The molecule has 1 aliphatic heterocycles. The van der Waals surface area contributed by atoms with Crippen LogP contribution in [0.3, 0.4) is 0 Å². The Morgan fingerprint density at radius 1 is 1.09 bits per heavy atom. The van der Waals surface area contributed by atoms with E-state index in [-0.39, 0.29) is 10.9 Å². The first kappa shape index (κ1) is 21.4. The predicted molar refractivity (Wildman–Crippen MR) is 129 cm³/mol. The van der Waals surface area contributed by atoms with E-state index < -0.39 is 10.0 Å². The standard InChI is InChI=1S/C24H25N5O3S/c1-16-6-8-18(9-7-16)33(30,31)29-11-10-20-19(4-3-5-22(20)29)21-14-23(25)27-24(26-21)28-12-13-32-15-17(28)2/h3-11,14,17H,12-13,15H2,1-2H3,(H2,25,26,27)/t17-/m1/s1. The molecule has 1 atom stereocenters. The van der Waals surface area contributed by atoms with Gasteiger partial charge in [0.05, 0.1) is 35.4 Å². The van der Waals surface area contributed by atoms with Crippen LogP contribution in [-0.2, 0) is 14.8 Å². The van der Waals surface area contributed by atoms with Gasteiger partial charge in [-0.2, -0.15) is 4.98 Å². The first-order chi connectivity index (χ1) is 15.8. The Hall–Kier alpha value is -3.43. The number of benzene rings is 2. The van der Waals surface area contributed by atoms with Crippen LogP contribution >= 0.6 is 0 Å². The summed E-state index contributed by atoms with van der Waals surface area (Å²) in [7, 11) is -3.74. The summed E-state index contributed by atoms with van der Waals surface area (Å²) in [6.45, 7) is 5.87. The Bertz CT molecular complexity index is 1430. The van der Waals surface area contributed by atoms with Gasteiger partial charge in [0, 0.05) is 29.8 Å². The molecule has 0 aliphatic carbocycles. The quantitative estimate of drug-likeness (QED) is 0.494. The molecule has 9 heteroatoms. The number of aryl methyl sites for hydroxylation is 1. The molecule has 2 N–H and O–H groups in total. The van der Waals surface area contributed by atoms with E-state index in [9.17, 15) is 8.42 Å². The summed E-state index contributed by atoms with van der Waals surface area (Å²) in [4.78, 5) is 11.5. The zero-order valence-electron chi connectivity index (χ0n) is 18.5. The van der Waals surface area contributed by atoms with Crippen molar-refractivity contribution in [2.45, 2.75) is 24.8 Å². The fraction of sp³-hybridized carbons (Fsp3) is 0.250. The van der Waals surface area contributed by atoms with E-state index >= 15 is 0 Å². The van der Waals surface area contributed by atoms with Crippen molar-refractivity contribution in [3.63, 3.8) is 0 Å². The highest BCUT2D eigenvalue weighted by molar-refractivity contribution is 7.90. The third-order valence-corrected chi connectivity index (χ3v) is 7.61. The number of ether oxygens (including phenoxy) is 1. The molecule has 8 nitrogen and oxygen atoms in total. The Morgan fingerprint density at radius 3 is 2.64 bits per heavy atom. The molecule has 4 aromatic rings. The molecule has 33 heavy (non-hydrogen) atoms. The Kier molecular flexibility index (Phi) is 5.30. The first-order valence-corrected chi connectivity index (χ1v) is 12.2. The van der Waals surface area contributed by atoms with Crippen LogP contribution in [0.4, 0.5) is 11.8 Å². The minimum Gasteiger partial charge on any atom is -0.384 e. The highest BCUT2D eigenvalue weighted by atomic mass is 32.2. The lowest BCUT2D eigenvalue weighted by atomic mass is 10.1. The number of nitrogens with zero attached hydrogens (tertiary/aromatic N) is 4. The summed E-state index contributed by atoms with van der Waals surface area (Å²) in [5.74, 6) is 0.905. The minimum absolute atomic E-state index is 0.130. The maximum absolute atomic E-state index is 13.3. The summed E-state index contributed by atoms with van der Waals surface area (Å²) < 4.78 is 33.5.